The number of amides is 1. The number of nitrogens with one attached hydrogen (secondary N) is 1. The maximum absolute atomic E-state index is 12.0. The summed E-state index contributed by atoms with van der Waals surface area (Å²) < 4.78 is 1.40. The van der Waals surface area contributed by atoms with Gasteiger partial charge in [0.2, 0.25) is 5.91 Å². The zero-order valence-corrected chi connectivity index (χ0v) is 14.6. The summed E-state index contributed by atoms with van der Waals surface area (Å²) in [6.45, 7) is 5.04. The standard InChI is InChI=1S/C20H25N3O2/c1-16-5-4-12-22(14-16)18-9-7-17(8-10-18)13-21-19(24)15-23-11-3-2-6-20(23)25/h2-3,6-11,16H,4-5,12-15H2,1H3,(H,21,24)/t16-/m0/s1. The molecule has 1 aromatic carbocycles. The first-order valence-corrected chi connectivity index (χ1v) is 8.88. The third-order valence-corrected chi connectivity index (χ3v) is 4.66. The van der Waals surface area contributed by atoms with E-state index < -0.39 is 0 Å². The van der Waals surface area contributed by atoms with Crippen molar-refractivity contribution in [3.8, 4) is 0 Å². The average Bonchev–Trinajstić information content (AvgIpc) is 2.62. The molecular formula is C20H25N3O2. The number of benzene rings is 1. The normalized spacial score (nSPS) is 17.3. The Bertz CT molecular complexity index is 767. The lowest BCUT2D eigenvalue weighted by Crippen LogP contribution is -2.34. The lowest BCUT2D eigenvalue weighted by atomic mass is 9.99. The van der Waals surface area contributed by atoms with Gasteiger partial charge in [0.15, 0.2) is 0 Å². The molecule has 1 atom stereocenters. The van der Waals surface area contributed by atoms with Gasteiger partial charge in [0.1, 0.15) is 6.54 Å². The molecule has 3 rings (SSSR count). The van der Waals surface area contributed by atoms with Crippen molar-refractivity contribution in [2.45, 2.75) is 32.9 Å². The Morgan fingerprint density at radius 3 is 2.72 bits per heavy atom. The van der Waals surface area contributed by atoms with Crippen LogP contribution < -0.4 is 15.8 Å². The average molecular weight is 339 g/mol. The second-order valence-electron chi connectivity index (χ2n) is 6.80. The Kier molecular flexibility index (Phi) is 5.53. The van der Waals surface area contributed by atoms with Crippen LogP contribution >= 0.6 is 0 Å². The monoisotopic (exact) mass is 339 g/mol. The van der Waals surface area contributed by atoms with Gasteiger partial charge in [0, 0.05) is 37.6 Å². The number of nitrogens with zero attached hydrogens (tertiary/aromatic N) is 2. The van der Waals surface area contributed by atoms with Crippen LogP contribution in [0.1, 0.15) is 25.3 Å². The molecule has 0 saturated carbocycles. The van der Waals surface area contributed by atoms with E-state index >= 15 is 0 Å². The van der Waals surface area contributed by atoms with Crippen molar-refractivity contribution in [1.29, 1.82) is 0 Å². The van der Waals surface area contributed by atoms with Crippen LogP contribution in [0.3, 0.4) is 0 Å². The van der Waals surface area contributed by atoms with Crippen LogP contribution in [0, 0.1) is 5.92 Å². The molecular weight excluding hydrogens is 314 g/mol. The molecule has 1 aliphatic heterocycles. The Morgan fingerprint density at radius 2 is 2.00 bits per heavy atom. The number of piperidine rings is 1. The van der Waals surface area contributed by atoms with Gasteiger partial charge >= 0.3 is 0 Å². The molecule has 132 valence electrons. The molecule has 1 amide bonds. The second-order valence-corrected chi connectivity index (χ2v) is 6.80. The van der Waals surface area contributed by atoms with Gasteiger partial charge in [-0.2, -0.15) is 0 Å². The Morgan fingerprint density at radius 1 is 1.20 bits per heavy atom. The Hall–Kier alpha value is -2.56. The summed E-state index contributed by atoms with van der Waals surface area (Å²) >= 11 is 0. The highest BCUT2D eigenvalue weighted by atomic mass is 16.2. The molecule has 1 saturated heterocycles. The molecule has 0 radical (unpaired) electrons. The van der Waals surface area contributed by atoms with E-state index in [4.69, 9.17) is 0 Å². The highest BCUT2D eigenvalue weighted by molar-refractivity contribution is 5.75. The summed E-state index contributed by atoms with van der Waals surface area (Å²) in [5.41, 5.74) is 2.14. The Balaban J connectivity index is 1.52. The maximum Gasteiger partial charge on any atom is 0.250 e. The van der Waals surface area contributed by atoms with Crippen LogP contribution in [0.2, 0.25) is 0 Å². The number of carbonyl (C=O) groups excluding carboxylic acids is 1. The van der Waals surface area contributed by atoms with Crippen LogP contribution in [-0.2, 0) is 17.9 Å². The van der Waals surface area contributed by atoms with Crippen molar-refractivity contribution in [2.75, 3.05) is 18.0 Å². The molecule has 5 heteroatoms. The topological polar surface area (TPSA) is 54.3 Å². The first-order chi connectivity index (χ1) is 12.1. The minimum Gasteiger partial charge on any atom is -0.371 e. The fourth-order valence-corrected chi connectivity index (χ4v) is 3.25. The third-order valence-electron chi connectivity index (χ3n) is 4.66. The number of rotatable bonds is 5. The zero-order chi connectivity index (χ0) is 17.6. The number of carbonyl (C=O) groups is 1. The number of pyridine rings is 1. The number of aromatic nitrogens is 1. The van der Waals surface area contributed by atoms with E-state index in [-0.39, 0.29) is 18.0 Å². The van der Waals surface area contributed by atoms with Crippen LogP contribution in [0.25, 0.3) is 0 Å². The van der Waals surface area contributed by atoms with Crippen LogP contribution in [0.15, 0.2) is 53.5 Å². The molecule has 0 bridgehead atoms. The van der Waals surface area contributed by atoms with Crippen molar-refractivity contribution in [2.24, 2.45) is 5.92 Å². The van der Waals surface area contributed by atoms with Gasteiger partial charge in [-0.1, -0.05) is 25.1 Å². The molecule has 0 unspecified atom stereocenters. The van der Waals surface area contributed by atoms with Gasteiger partial charge in [0.25, 0.3) is 5.56 Å². The third kappa shape index (κ3) is 4.72. The Labute approximate surface area is 148 Å². The number of anilines is 1. The summed E-state index contributed by atoms with van der Waals surface area (Å²) in [4.78, 5) is 26.1. The minimum absolute atomic E-state index is 0.0451. The molecule has 1 N–H and O–H groups in total. The van der Waals surface area contributed by atoms with E-state index in [1.165, 1.54) is 29.2 Å². The summed E-state index contributed by atoms with van der Waals surface area (Å²) in [7, 11) is 0. The van der Waals surface area contributed by atoms with Crippen molar-refractivity contribution in [3.63, 3.8) is 0 Å². The van der Waals surface area contributed by atoms with Gasteiger partial charge in [-0.15, -0.1) is 0 Å². The smallest absolute Gasteiger partial charge is 0.250 e. The number of hydrogen-bond acceptors (Lipinski definition) is 3. The first-order valence-electron chi connectivity index (χ1n) is 8.88. The summed E-state index contributed by atoms with van der Waals surface area (Å²) in [6.07, 6.45) is 4.18. The lowest BCUT2D eigenvalue weighted by molar-refractivity contribution is -0.121. The first kappa shape index (κ1) is 17.3. The summed E-state index contributed by atoms with van der Waals surface area (Å²) in [6, 6.07) is 13.2. The van der Waals surface area contributed by atoms with Gasteiger partial charge < -0.3 is 14.8 Å². The molecule has 2 aromatic rings. The molecule has 0 aliphatic carbocycles. The highest BCUT2D eigenvalue weighted by Crippen LogP contribution is 2.23. The van der Waals surface area contributed by atoms with Gasteiger partial charge in [-0.25, -0.2) is 0 Å². The lowest BCUT2D eigenvalue weighted by Gasteiger charge is -2.32. The minimum atomic E-state index is -0.169. The molecule has 1 aromatic heterocycles. The summed E-state index contributed by atoms with van der Waals surface area (Å²) in [5, 5.41) is 2.87. The van der Waals surface area contributed by atoms with Crippen LogP contribution in [0.5, 0.6) is 0 Å². The number of hydrogen-bond donors (Lipinski definition) is 1. The predicted molar refractivity (Wildman–Crippen MR) is 99.6 cm³/mol. The fourth-order valence-electron chi connectivity index (χ4n) is 3.25. The van der Waals surface area contributed by atoms with Gasteiger partial charge in [0.05, 0.1) is 0 Å². The summed E-state index contributed by atoms with van der Waals surface area (Å²) in [5.74, 6) is 0.580. The quantitative estimate of drug-likeness (QED) is 0.910. The highest BCUT2D eigenvalue weighted by Gasteiger charge is 2.16. The molecule has 5 nitrogen and oxygen atoms in total. The van der Waals surface area contributed by atoms with E-state index in [0.717, 1.165) is 24.6 Å². The SMILES string of the molecule is C[C@H]1CCCN(c2ccc(CNC(=O)Cn3ccccc3=O)cc2)C1. The van der Waals surface area contributed by atoms with Crippen molar-refractivity contribution in [3.05, 3.63) is 64.6 Å². The fraction of sp³-hybridized carbons (Fsp3) is 0.400. The van der Waals surface area contributed by atoms with E-state index in [0.29, 0.717) is 6.54 Å². The van der Waals surface area contributed by atoms with Gasteiger partial charge in [-0.3, -0.25) is 9.59 Å². The van der Waals surface area contributed by atoms with Crippen molar-refractivity contribution < 1.29 is 4.79 Å². The van der Waals surface area contributed by atoms with Crippen LogP contribution in [-0.4, -0.2) is 23.6 Å². The van der Waals surface area contributed by atoms with Crippen molar-refractivity contribution in [1.82, 2.24) is 9.88 Å². The van der Waals surface area contributed by atoms with E-state index in [1.54, 1.807) is 18.3 Å². The zero-order valence-electron chi connectivity index (χ0n) is 14.6. The predicted octanol–water partition coefficient (Wildman–Crippen LogP) is 2.40. The molecule has 0 spiro atoms. The van der Waals surface area contributed by atoms with E-state index in [2.05, 4.69) is 41.4 Å². The second kappa shape index (κ2) is 8.01. The molecule has 1 fully saturated rings. The maximum atomic E-state index is 12.0. The van der Waals surface area contributed by atoms with E-state index in [9.17, 15) is 9.59 Å². The molecule has 2 heterocycles. The van der Waals surface area contributed by atoms with Crippen LogP contribution in [0.4, 0.5) is 5.69 Å². The largest absolute Gasteiger partial charge is 0.371 e. The van der Waals surface area contributed by atoms with Crippen molar-refractivity contribution >= 4 is 11.6 Å². The molecule has 25 heavy (non-hydrogen) atoms. The van der Waals surface area contributed by atoms with E-state index in [1.807, 2.05) is 0 Å². The molecule has 1 aliphatic rings. The van der Waals surface area contributed by atoms with Gasteiger partial charge in [-0.05, 0) is 42.5 Å².